The molecule has 6 nitrogen and oxygen atoms in total. The smallest absolute Gasteiger partial charge is 0.338 e. The molecular weight excluding hydrogens is 396 g/mol. The molecule has 0 aliphatic carbocycles. The summed E-state index contributed by atoms with van der Waals surface area (Å²) in [5, 5.41) is 0. The van der Waals surface area contributed by atoms with Gasteiger partial charge in [0.2, 0.25) is 0 Å². The summed E-state index contributed by atoms with van der Waals surface area (Å²) in [6, 6.07) is 6.32. The zero-order chi connectivity index (χ0) is 23.9. The highest BCUT2D eigenvalue weighted by molar-refractivity contribution is 5.93. The molecule has 0 aliphatic rings. The average molecular weight is 437 g/mol. The first kappa shape index (κ1) is 27.1. The maximum absolute atomic E-state index is 12.5. The number of hydrogen-bond donors (Lipinski definition) is 0. The Kier molecular flexibility index (Phi) is 9.70. The highest BCUT2D eigenvalue weighted by Crippen LogP contribution is 2.21. The molecule has 0 N–H and O–H groups in total. The SMILES string of the molecule is CC(C)OCCC(C)(C)OC(=O)c1ccc(C(=O)OC(C)(C)CCOC(C)(C)C)cc1. The summed E-state index contributed by atoms with van der Waals surface area (Å²) >= 11 is 0. The Balaban J connectivity index is 2.63. The Morgan fingerprint density at radius 3 is 1.48 bits per heavy atom. The summed E-state index contributed by atoms with van der Waals surface area (Å²) in [5.74, 6) is -0.874. The van der Waals surface area contributed by atoms with Crippen molar-refractivity contribution >= 4 is 11.9 Å². The summed E-state index contributed by atoms with van der Waals surface area (Å²) in [6.07, 6.45) is 1.31. The Morgan fingerprint density at radius 2 is 1.13 bits per heavy atom. The molecule has 0 aromatic heterocycles. The van der Waals surface area contributed by atoms with Gasteiger partial charge in [-0.1, -0.05) is 0 Å². The van der Waals surface area contributed by atoms with Crippen molar-refractivity contribution in [3.05, 3.63) is 35.4 Å². The molecule has 1 aromatic rings. The fourth-order valence-electron chi connectivity index (χ4n) is 2.61. The van der Waals surface area contributed by atoms with Gasteiger partial charge in [0, 0.05) is 12.8 Å². The van der Waals surface area contributed by atoms with Gasteiger partial charge in [0.1, 0.15) is 11.2 Å². The fourth-order valence-corrected chi connectivity index (χ4v) is 2.61. The molecule has 0 bridgehead atoms. The van der Waals surface area contributed by atoms with Gasteiger partial charge < -0.3 is 18.9 Å². The maximum Gasteiger partial charge on any atom is 0.338 e. The van der Waals surface area contributed by atoms with Crippen molar-refractivity contribution in [1.29, 1.82) is 0 Å². The van der Waals surface area contributed by atoms with E-state index in [-0.39, 0.29) is 11.7 Å². The van der Waals surface area contributed by atoms with Gasteiger partial charge in [-0.2, -0.15) is 0 Å². The van der Waals surface area contributed by atoms with E-state index in [1.165, 1.54) is 0 Å². The molecule has 0 fully saturated rings. The average Bonchev–Trinajstić information content (AvgIpc) is 2.59. The van der Waals surface area contributed by atoms with Crippen LogP contribution in [0.3, 0.4) is 0 Å². The number of hydrogen-bond acceptors (Lipinski definition) is 6. The summed E-state index contributed by atoms with van der Waals surface area (Å²) < 4.78 is 22.5. The lowest BCUT2D eigenvalue weighted by Crippen LogP contribution is -2.31. The zero-order valence-corrected chi connectivity index (χ0v) is 20.7. The van der Waals surface area contributed by atoms with Gasteiger partial charge in [0.25, 0.3) is 0 Å². The second-order valence-corrected chi connectivity index (χ2v) is 10.3. The highest BCUT2D eigenvalue weighted by Gasteiger charge is 2.26. The topological polar surface area (TPSA) is 71.1 Å². The molecule has 0 radical (unpaired) electrons. The van der Waals surface area contributed by atoms with Crippen LogP contribution in [0.15, 0.2) is 24.3 Å². The predicted octanol–water partition coefficient (Wildman–Crippen LogP) is 5.58. The molecular formula is C25H40O6. The summed E-state index contributed by atoms with van der Waals surface area (Å²) in [7, 11) is 0. The van der Waals surface area contributed by atoms with Gasteiger partial charge in [0.05, 0.1) is 36.0 Å². The number of ether oxygens (including phenoxy) is 4. The summed E-state index contributed by atoms with van der Waals surface area (Å²) in [6.45, 7) is 18.3. The third-order valence-electron chi connectivity index (χ3n) is 4.49. The molecule has 0 spiro atoms. The highest BCUT2D eigenvalue weighted by atomic mass is 16.6. The molecule has 0 saturated carbocycles. The first-order valence-electron chi connectivity index (χ1n) is 10.9. The Labute approximate surface area is 187 Å². The maximum atomic E-state index is 12.5. The largest absolute Gasteiger partial charge is 0.456 e. The minimum absolute atomic E-state index is 0.134. The Morgan fingerprint density at radius 1 is 0.742 bits per heavy atom. The fraction of sp³-hybridized carbons (Fsp3) is 0.680. The van der Waals surface area contributed by atoms with Crippen molar-refractivity contribution in [2.75, 3.05) is 13.2 Å². The van der Waals surface area contributed by atoms with E-state index in [0.717, 1.165) is 0 Å². The molecule has 0 amide bonds. The predicted molar refractivity (Wildman–Crippen MR) is 121 cm³/mol. The van der Waals surface area contributed by atoms with Crippen LogP contribution in [-0.2, 0) is 18.9 Å². The van der Waals surface area contributed by atoms with Crippen LogP contribution in [-0.4, -0.2) is 48.1 Å². The van der Waals surface area contributed by atoms with E-state index >= 15 is 0 Å². The second-order valence-electron chi connectivity index (χ2n) is 10.3. The number of rotatable bonds is 11. The lowest BCUT2D eigenvalue weighted by atomic mass is 10.0. The molecule has 0 unspecified atom stereocenters. The van der Waals surface area contributed by atoms with Crippen molar-refractivity contribution in [2.45, 2.75) is 98.1 Å². The Bertz CT molecular complexity index is 711. The van der Waals surface area contributed by atoms with Crippen molar-refractivity contribution in [3.63, 3.8) is 0 Å². The quantitative estimate of drug-likeness (QED) is 0.422. The van der Waals surface area contributed by atoms with Crippen LogP contribution >= 0.6 is 0 Å². The molecule has 0 aliphatic heterocycles. The van der Waals surface area contributed by atoms with E-state index in [4.69, 9.17) is 18.9 Å². The van der Waals surface area contributed by atoms with E-state index in [1.807, 2.05) is 62.3 Å². The van der Waals surface area contributed by atoms with E-state index in [2.05, 4.69) is 0 Å². The molecule has 1 aromatic carbocycles. The first-order chi connectivity index (χ1) is 14.1. The Hall–Kier alpha value is -1.92. The number of carbonyl (C=O) groups excluding carboxylic acids is 2. The van der Waals surface area contributed by atoms with Gasteiger partial charge in [-0.05, 0) is 86.6 Å². The van der Waals surface area contributed by atoms with Crippen molar-refractivity contribution in [3.8, 4) is 0 Å². The monoisotopic (exact) mass is 436 g/mol. The molecule has 1 rings (SSSR count). The minimum atomic E-state index is -0.665. The molecule has 31 heavy (non-hydrogen) atoms. The van der Waals surface area contributed by atoms with E-state index in [1.54, 1.807) is 24.3 Å². The van der Waals surface area contributed by atoms with Crippen molar-refractivity contribution in [2.24, 2.45) is 0 Å². The summed E-state index contributed by atoms with van der Waals surface area (Å²) in [5.41, 5.74) is -0.788. The lowest BCUT2D eigenvalue weighted by Gasteiger charge is -2.27. The van der Waals surface area contributed by atoms with Crippen LogP contribution in [0.4, 0.5) is 0 Å². The first-order valence-corrected chi connectivity index (χ1v) is 10.9. The third-order valence-corrected chi connectivity index (χ3v) is 4.49. The second kappa shape index (κ2) is 11.1. The normalized spacial score (nSPS) is 12.7. The molecule has 0 heterocycles. The van der Waals surface area contributed by atoms with E-state index < -0.39 is 23.1 Å². The molecule has 176 valence electrons. The van der Waals surface area contributed by atoms with Crippen molar-refractivity contribution < 1.29 is 28.5 Å². The van der Waals surface area contributed by atoms with Gasteiger partial charge in [-0.25, -0.2) is 9.59 Å². The van der Waals surface area contributed by atoms with Crippen molar-refractivity contribution in [1.82, 2.24) is 0 Å². The lowest BCUT2D eigenvalue weighted by molar-refractivity contribution is -0.0475. The number of esters is 2. The number of benzene rings is 1. The minimum Gasteiger partial charge on any atom is -0.456 e. The molecule has 0 saturated heterocycles. The number of carbonyl (C=O) groups is 2. The van der Waals surface area contributed by atoms with Crippen LogP contribution in [0, 0.1) is 0 Å². The van der Waals surface area contributed by atoms with E-state index in [0.29, 0.717) is 37.2 Å². The zero-order valence-electron chi connectivity index (χ0n) is 20.7. The third kappa shape index (κ3) is 11.3. The van der Waals surface area contributed by atoms with Gasteiger partial charge in [-0.3, -0.25) is 0 Å². The summed E-state index contributed by atoms with van der Waals surface area (Å²) in [4.78, 5) is 25.0. The van der Waals surface area contributed by atoms with E-state index in [9.17, 15) is 9.59 Å². The van der Waals surface area contributed by atoms with Gasteiger partial charge in [-0.15, -0.1) is 0 Å². The molecule has 6 heteroatoms. The molecule has 0 atom stereocenters. The van der Waals surface area contributed by atoms with Gasteiger partial charge >= 0.3 is 11.9 Å². The van der Waals surface area contributed by atoms with Crippen LogP contribution in [0.5, 0.6) is 0 Å². The standard InChI is InChI=1S/C25H40O6/c1-18(2)28-16-14-24(6,7)30-21(26)19-10-12-20(13-11-19)22(27)31-25(8,9)15-17-29-23(3,4)5/h10-13,18H,14-17H2,1-9H3. The van der Waals surface area contributed by atoms with Gasteiger partial charge in [0.15, 0.2) is 0 Å². The van der Waals surface area contributed by atoms with Crippen LogP contribution < -0.4 is 0 Å². The van der Waals surface area contributed by atoms with Crippen LogP contribution in [0.25, 0.3) is 0 Å². The van der Waals surface area contributed by atoms with Crippen LogP contribution in [0.1, 0.15) is 95.9 Å². The van der Waals surface area contributed by atoms with Crippen LogP contribution in [0.2, 0.25) is 0 Å².